The molecule has 4 rings (SSSR count). The number of nitrogens with zero attached hydrogens (tertiary/aromatic N) is 3. The Bertz CT molecular complexity index is 1550. The van der Waals surface area contributed by atoms with Crippen LogP contribution in [0.3, 0.4) is 0 Å². The van der Waals surface area contributed by atoms with Crippen molar-refractivity contribution in [2.75, 3.05) is 20.3 Å². The first kappa shape index (κ1) is 29.0. The number of methoxy groups -OCH3 is 1. The summed E-state index contributed by atoms with van der Waals surface area (Å²) in [7, 11) is 1.27. The highest BCUT2D eigenvalue weighted by atomic mass is 16.5. The second-order valence-electron chi connectivity index (χ2n) is 9.18. The van der Waals surface area contributed by atoms with Crippen LogP contribution in [-0.4, -0.2) is 54.4 Å². The lowest BCUT2D eigenvalue weighted by Crippen LogP contribution is -2.45. The van der Waals surface area contributed by atoms with E-state index in [9.17, 15) is 20.0 Å². The SMILES string of the molecule is CCOc1cc([C@@H]2NC(=O)NC(C)=C2C(=O)OC)ccc1OC[C@@H](O)N/N=C/c1c(C)n(CC#N)c2ccccc12. The van der Waals surface area contributed by atoms with Gasteiger partial charge in [-0.15, -0.1) is 0 Å². The van der Waals surface area contributed by atoms with E-state index in [0.717, 1.165) is 22.2 Å². The molecule has 2 aromatic carbocycles. The molecule has 2 heterocycles. The molecular formula is C29H32N6O6. The van der Waals surface area contributed by atoms with E-state index in [1.807, 2.05) is 42.7 Å². The maximum Gasteiger partial charge on any atom is 0.337 e. The summed E-state index contributed by atoms with van der Waals surface area (Å²) in [6.45, 7) is 5.75. The number of aromatic nitrogens is 1. The Morgan fingerprint density at radius 2 is 2.02 bits per heavy atom. The minimum absolute atomic E-state index is 0.150. The molecule has 0 radical (unpaired) electrons. The minimum atomic E-state index is -1.15. The maximum atomic E-state index is 12.4. The van der Waals surface area contributed by atoms with Crippen LogP contribution < -0.4 is 25.5 Å². The average Bonchev–Trinajstić information content (AvgIpc) is 3.22. The number of hydrogen-bond acceptors (Lipinski definition) is 9. The molecule has 4 N–H and O–H groups in total. The van der Waals surface area contributed by atoms with Gasteiger partial charge >= 0.3 is 12.0 Å². The third-order valence-corrected chi connectivity index (χ3v) is 6.60. The number of carbonyl (C=O) groups is 2. The summed E-state index contributed by atoms with van der Waals surface area (Å²) in [5.41, 5.74) is 6.56. The van der Waals surface area contributed by atoms with Crippen molar-refractivity contribution in [2.45, 2.75) is 39.6 Å². The topological polar surface area (TPSA) is 159 Å². The minimum Gasteiger partial charge on any atom is -0.490 e. The van der Waals surface area contributed by atoms with Crippen LogP contribution in [-0.2, 0) is 16.1 Å². The summed E-state index contributed by atoms with van der Waals surface area (Å²) < 4.78 is 18.4. The van der Waals surface area contributed by atoms with Crippen LogP contribution in [0.1, 0.15) is 36.7 Å². The van der Waals surface area contributed by atoms with Gasteiger partial charge in [-0.1, -0.05) is 24.3 Å². The van der Waals surface area contributed by atoms with E-state index in [1.54, 1.807) is 31.3 Å². The number of amides is 2. The fourth-order valence-corrected chi connectivity index (χ4v) is 4.71. The molecule has 1 aromatic heterocycles. The van der Waals surface area contributed by atoms with Crippen LogP contribution in [0.5, 0.6) is 11.5 Å². The fraction of sp³-hybridized carbons (Fsp3) is 0.310. The van der Waals surface area contributed by atoms with Crippen LogP contribution in [0.4, 0.5) is 4.79 Å². The zero-order valence-corrected chi connectivity index (χ0v) is 23.2. The van der Waals surface area contributed by atoms with Gasteiger partial charge < -0.3 is 34.5 Å². The standard InChI is InChI=1S/C29H32N6O6/c1-5-40-24-14-19(27-26(28(37)39-4)17(2)32-29(38)33-27)10-11-23(24)41-16-25(36)34-31-15-21-18(3)35(13-12-30)22-9-7-6-8-20(21)22/h6-11,14-15,25,27,34,36H,5,13,16H2,1-4H3,(H2,32,33,38)/b31-15+/t25-,27+/m1/s1. The van der Waals surface area contributed by atoms with Crippen molar-refractivity contribution >= 4 is 29.1 Å². The Morgan fingerprint density at radius 3 is 2.76 bits per heavy atom. The van der Waals surface area contributed by atoms with Crippen molar-refractivity contribution in [3.63, 3.8) is 0 Å². The largest absolute Gasteiger partial charge is 0.490 e. The number of para-hydroxylation sites is 1. The molecule has 1 aliphatic heterocycles. The van der Waals surface area contributed by atoms with Gasteiger partial charge in [0.2, 0.25) is 0 Å². The smallest absolute Gasteiger partial charge is 0.337 e. The Kier molecular flexibility index (Phi) is 9.11. The monoisotopic (exact) mass is 560 g/mol. The molecule has 0 unspecified atom stereocenters. The number of aliphatic hydroxyl groups is 1. The highest BCUT2D eigenvalue weighted by molar-refractivity contribution is 6.01. The molecule has 0 aliphatic carbocycles. The molecule has 3 aromatic rings. The van der Waals surface area contributed by atoms with Gasteiger partial charge in [0.15, 0.2) is 17.7 Å². The molecule has 1 aliphatic rings. The van der Waals surface area contributed by atoms with Gasteiger partial charge in [-0.05, 0) is 44.5 Å². The number of hydrogen-bond donors (Lipinski definition) is 4. The first-order chi connectivity index (χ1) is 19.8. The molecule has 12 nitrogen and oxygen atoms in total. The molecule has 0 spiro atoms. The van der Waals surface area contributed by atoms with Gasteiger partial charge in [0.25, 0.3) is 0 Å². The van der Waals surface area contributed by atoms with Gasteiger partial charge in [0.05, 0.1) is 37.6 Å². The number of benzene rings is 2. The molecule has 41 heavy (non-hydrogen) atoms. The molecule has 0 saturated heterocycles. The van der Waals surface area contributed by atoms with E-state index < -0.39 is 24.3 Å². The molecule has 2 amide bonds. The van der Waals surface area contributed by atoms with Crippen LogP contribution in [0.15, 0.2) is 58.8 Å². The Labute approximate surface area is 237 Å². The van der Waals surface area contributed by atoms with Gasteiger partial charge in [-0.25, -0.2) is 9.59 Å². The molecule has 0 saturated carbocycles. The van der Waals surface area contributed by atoms with Crippen LogP contribution in [0, 0.1) is 18.3 Å². The number of rotatable bonds is 11. The summed E-state index contributed by atoms with van der Waals surface area (Å²) in [6, 6.07) is 13.7. The number of urea groups is 1. The molecule has 2 atom stereocenters. The van der Waals surface area contributed by atoms with Crippen LogP contribution >= 0.6 is 0 Å². The Balaban J connectivity index is 1.47. The van der Waals surface area contributed by atoms with Gasteiger partial charge in [-0.2, -0.15) is 10.4 Å². The lowest BCUT2D eigenvalue weighted by Gasteiger charge is -2.28. The van der Waals surface area contributed by atoms with Crippen molar-refractivity contribution in [2.24, 2.45) is 5.10 Å². The number of hydrazone groups is 1. The third kappa shape index (κ3) is 6.26. The van der Waals surface area contributed by atoms with Gasteiger partial charge in [0, 0.05) is 27.9 Å². The second-order valence-corrected chi connectivity index (χ2v) is 9.18. The van der Waals surface area contributed by atoms with Gasteiger partial charge in [-0.3, -0.25) is 5.43 Å². The number of allylic oxidation sites excluding steroid dienone is 1. The Morgan fingerprint density at radius 1 is 1.24 bits per heavy atom. The van der Waals surface area contributed by atoms with Crippen LogP contribution in [0.2, 0.25) is 0 Å². The molecule has 0 bridgehead atoms. The normalized spacial score (nSPS) is 15.7. The molecule has 214 valence electrons. The van der Waals surface area contributed by atoms with Crippen molar-refractivity contribution in [3.05, 3.63) is 70.6 Å². The zero-order valence-electron chi connectivity index (χ0n) is 23.2. The van der Waals surface area contributed by atoms with Gasteiger partial charge in [0.1, 0.15) is 13.2 Å². The highest BCUT2D eigenvalue weighted by Crippen LogP contribution is 2.35. The number of nitrogens with one attached hydrogen (secondary N) is 3. The van der Waals surface area contributed by atoms with Crippen molar-refractivity contribution < 1.29 is 28.9 Å². The van der Waals surface area contributed by atoms with E-state index in [2.05, 4.69) is 27.2 Å². The first-order valence-corrected chi connectivity index (χ1v) is 13.0. The maximum absolute atomic E-state index is 12.4. The first-order valence-electron chi connectivity index (χ1n) is 13.0. The van der Waals surface area contributed by atoms with E-state index >= 15 is 0 Å². The molecule has 0 fully saturated rings. The van der Waals surface area contributed by atoms with E-state index in [0.29, 0.717) is 29.4 Å². The number of ether oxygens (including phenoxy) is 3. The highest BCUT2D eigenvalue weighted by Gasteiger charge is 2.32. The van der Waals surface area contributed by atoms with E-state index in [4.69, 9.17) is 14.2 Å². The van der Waals surface area contributed by atoms with E-state index in [1.165, 1.54) is 7.11 Å². The summed E-state index contributed by atoms with van der Waals surface area (Å²) in [6.07, 6.45) is 0.463. The summed E-state index contributed by atoms with van der Waals surface area (Å²) in [4.78, 5) is 24.6. The Hall–Kier alpha value is -5.02. The average molecular weight is 561 g/mol. The summed E-state index contributed by atoms with van der Waals surface area (Å²) in [5.74, 6) is 0.158. The quantitative estimate of drug-likeness (QED) is 0.121. The summed E-state index contributed by atoms with van der Waals surface area (Å²) >= 11 is 0. The predicted molar refractivity (Wildman–Crippen MR) is 151 cm³/mol. The lowest BCUT2D eigenvalue weighted by molar-refractivity contribution is -0.136. The number of nitriles is 1. The number of carbonyl (C=O) groups excluding carboxylic acids is 2. The predicted octanol–water partition coefficient (Wildman–Crippen LogP) is 2.99. The number of aliphatic hydroxyl groups excluding tert-OH is 1. The number of esters is 1. The number of fused-ring (bicyclic) bond motifs is 1. The zero-order chi connectivity index (χ0) is 29.5. The molecule has 12 heteroatoms. The fourth-order valence-electron chi connectivity index (χ4n) is 4.71. The molecular weight excluding hydrogens is 528 g/mol. The van der Waals surface area contributed by atoms with Crippen molar-refractivity contribution in [1.29, 1.82) is 5.26 Å². The van der Waals surface area contributed by atoms with E-state index in [-0.39, 0.29) is 18.7 Å². The summed E-state index contributed by atoms with van der Waals surface area (Å²) in [5, 5.41) is 30.1. The van der Waals surface area contributed by atoms with Crippen LogP contribution in [0.25, 0.3) is 10.9 Å². The van der Waals surface area contributed by atoms with Crippen molar-refractivity contribution in [1.82, 2.24) is 20.6 Å². The third-order valence-electron chi connectivity index (χ3n) is 6.60. The van der Waals surface area contributed by atoms with Crippen molar-refractivity contribution in [3.8, 4) is 17.6 Å². The lowest BCUT2D eigenvalue weighted by atomic mass is 9.95. The second kappa shape index (κ2) is 12.9.